The molecule has 2 amide bonds. The van der Waals surface area contributed by atoms with Gasteiger partial charge in [-0.05, 0) is 43.6 Å². The van der Waals surface area contributed by atoms with Crippen molar-refractivity contribution in [2.45, 2.75) is 39.0 Å². The third kappa shape index (κ3) is 2.91. The third-order valence-corrected chi connectivity index (χ3v) is 6.08. The first kappa shape index (κ1) is 15.5. The number of fused-ring (bicyclic) bond motifs is 1. The smallest absolute Gasteiger partial charge is 0.254 e. The second kappa shape index (κ2) is 6.41. The normalized spacial score (nSPS) is 22.3. The first-order valence-corrected chi connectivity index (χ1v) is 9.08. The van der Waals surface area contributed by atoms with Gasteiger partial charge in [-0.3, -0.25) is 9.59 Å². The summed E-state index contributed by atoms with van der Waals surface area (Å²) in [5.41, 5.74) is 2.21. The lowest BCUT2D eigenvalue weighted by Gasteiger charge is -2.31. The summed E-state index contributed by atoms with van der Waals surface area (Å²) in [6.45, 7) is 3.67. The molecule has 0 radical (unpaired) electrons. The van der Waals surface area contributed by atoms with Crippen LogP contribution in [0.5, 0.6) is 0 Å². The van der Waals surface area contributed by atoms with Crippen LogP contribution >= 0.6 is 11.3 Å². The molecular weight excluding hydrogens is 296 g/mol. The summed E-state index contributed by atoms with van der Waals surface area (Å²) in [4.78, 5) is 27.8. The Labute approximate surface area is 135 Å². The van der Waals surface area contributed by atoms with Gasteiger partial charge < -0.3 is 10.2 Å². The SMILES string of the molecule is CNC(=O)C1CCN(C(=O)c2csc3c2CC[C@H](C)C3)CC1. The largest absolute Gasteiger partial charge is 0.359 e. The highest BCUT2D eigenvalue weighted by Gasteiger charge is 2.30. The van der Waals surface area contributed by atoms with E-state index in [1.807, 2.05) is 4.90 Å². The fourth-order valence-electron chi connectivity index (χ4n) is 3.58. The maximum atomic E-state index is 12.8. The lowest BCUT2D eigenvalue weighted by Crippen LogP contribution is -2.42. The van der Waals surface area contributed by atoms with Gasteiger partial charge >= 0.3 is 0 Å². The van der Waals surface area contributed by atoms with E-state index in [0.29, 0.717) is 13.1 Å². The van der Waals surface area contributed by atoms with Crippen LogP contribution in [0.25, 0.3) is 0 Å². The van der Waals surface area contributed by atoms with Crippen LogP contribution in [0, 0.1) is 11.8 Å². The van der Waals surface area contributed by atoms with E-state index in [4.69, 9.17) is 0 Å². The van der Waals surface area contributed by atoms with E-state index < -0.39 is 0 Å². The number of likely N-dealkylation sites (tertiary alicyclic amines) is 1. The van der Waals surface area contributed by atoms with Crippen LogP contribution in [-0.4, -0.2) is 36.9 Å². The minimum atomic E-state index is 0.0614. The molecule has 120 valence electrons. The fraction of sp³-hybridized carbons (Fsp3) is 0.647. The van der Waals surface area contributed by atoms with Gasteiger partial charge in [0.15, 0.2) is 0 Å². The summed E-state index contributed by atoms with van der Waals surface area (Å²) in [5, 5.41) is 4.76. The van der Waals surface area contributed by atoms with Crippen LogP contribution in [0.2, 0.25) is 0 Å². The van der Waals surface area contributed by atoms with Gasteiger partial charge in [0.25, 0.3) is 5.91 Å². The summed E-state index contributed by atoms with van der Waals surface area (Å²) in [6, 6.07) is 0. The molecule has 1 N–H and O–H groups in total. The lowest BCUT2D eigenvalue weighted by molar-refractivity contribution is -0.125. The predicted octanol–water partition coefficient (Wildman–Crippen LogP) is 2.47. The average Bonchev–Trinajstić information content (AvgIpc) is 2.96. The van der Waals surface area contributed by atoms with Crippen LogP contribution in [0.3, 0.4) is 0 Å². The molecular formula is C17H24N2O2S. The van der Waals surface area contributed by atoms with E-state index in [0.717, 1.165) is 37.2 Å². The monoisotopic (exact) mass is 320 g/mol. The van der Waals surface area contributed by atoms with Crippen LogP contribution in [0.4, 0.5) is 0 Å². The number of thiophene rings is 1. The molecule has 1 atom stereocenters. The molecule has 22 heavy (non-hydrogen) atoms. The van der Waals surface area contributed by atoms with Crippen molar-refractivity contribution in [3.05, 3.63) is 21.4 Å². The van der Waals surface area contributed by atoms with Crippen LogP contribution in [0.15, 0.2) is 5.38 Å². The van der Waals surface area contributed by atoms with Crippen molar-refractivity contribution in [2.75, 3.05) is 20.1 Å². The van der Waals surface area contributed by atoms with Crippen LogP contribution in [0.1, 0.15) is 47.0 Å². The van der Waals surface area contributed by atoms with Crippen molar-refractivity contribution in [2.24, 2.45) is 11.8 Å². The van der Waals surface area contributed by atoms with Gasteiger partial charge in [0.2, 0.25) is 5.91 Å². The topological polar surface area (TPSA) is 49.4 Å². The zero-order valence-electron chi connectivity index (χ0n) is 13.4. The quantitative estimate of drug-likeness (QED) is 0.910. The van der Waals surface area contributed by atoms with E-state index >= 15 is 0 Å². The molecule has 0 unspecified atom stereocenters. The Morgan fingerprint density at radius 3 is 2.68 bits per heavy atom. The minimum absolute atomic E-state index is 0.0614. The highest BCUT2D eigenvalue weighted by molar-refractivity contribution is 7.10. The average molecular weight is 320 g/mol. The molecule has 3 rings (SSSR count). The first-order chi connectivity index (χ1) is 10.6. The fourth-order valence-corrected chi connectivity index (χ4v) is 4.81. The van der Waals surface area contributed by atoms with Gasteiger partial charge in [-0.25, -0.2) is 0 Å². The summed E-state index contributed by atoms with van der Waals surface area (Å²) in [6.07, 6.45) is 4.88. The Bertz CT molecular complexity index is 573. The highest BCUT2D eigenvalue weighted by Crippen LogP contribution is 2.34. The molecule has 5 heteroatoms. The molecule has 2 heterocycles. The maximum absolute atomic E-state index is 12.8. The minimum Gasteiger partial charge on any atom is -0.359 e. The molecule has 0 bridgehead atoms. The van der Waals surface area contributed by atoms with Crippen molar-refractivity contribution in [1.29, 1.82) is 0 Å². The Morgan fingerprint density at radius 1 is 1.27 bits per heavy atom. The molecule has 1 aromatic heterocycles. The van der Waals surface area contributed by atoms with Gasteiger partial charge in [-0.2, -0.15) is 0 Å². The van der Waals surface area contributed by atoms with E-state index in [9.17, 15) is 9.59 Å². The van der Waals surface area contributed by atoms with Crippen molar-refractivity contribution in [3.8, 4) is 0 Å². The van der Waals surface area contributed by atoms with Gasteiger partial charge in [0, 0.05) is 36.3 Å². The zero-order chi connectivity index (χ0) is 15.7. The summed E-state index contributed by atoms with van der Waals surface area (Å²) in [7, 11) is 1.68. The number of carbonyl (C=O) groups excluding carboxylic acids is 2. The molecule has 0 spiro atoms. The van der Waals surface area contributed by atoms with Gasteiger partial charge in [0.05, 0.1) is 5.56 Å². The molecule has 2 aliphatic rings. The number of nitrogens with one attached hydrogen (secondary N) is 1. The number of hydrogen-bond donors (Lipinski definition) is 1. The lowest BCUT2D eigenvalue weighted by atomic mass is 9.88. The number of nitrogens with zero attached hydrogens (tertiary/aromatic N) is 1. The number of rotatable bonds is 2. The first-order valence-electron chi connectivity index (χ1n) is 8.20. The Hall–Kier alpha value is -1.36. The molecule has 4 nitrogen and oxygen atoms in total. The second-order valence-corrected chi connectivity index (χ2v) is 7.54. The summed E-state index contributed by atoms with van der Waals surface area (Å²) >= 11 is 1.75. The van der Waals surface area contributed by atoms with E-state index in [-0.39, 0.29) is 17.7 Å². The standard InChI is InChI=1S/C17H24N2O2S/c1-11-3-4-13-14(10-22-15(13)9-11)17(21)19-7-5-12(6-8-19)16(20)18-2/h10-12H,3-9H2,1-2H3,(H,18,20)/t11-/m0/s1. The number of carbonyl (C=O) groups is 2. The van der Waals surface area contributed by atoms with E-state index in [1.54, 1.807) is 18.4 Å². The van der Waals surface area contributed by atoms with Crippen molar-refractivity contribution < 1.29 is 9.59 Å². The summed E-state index contributed by atoms with van der Waals surface area (Å²) < 4.78 is 0. The van der Waals surface area contributed by atoms with Crippen molar-refractivity contribution in [1.82, 2.24) is 10.2 Å². The Kier molecular flexibility index (Phi) is 4.52. The zero-order valence-corrected chi connectivity index (χ0v) is 14.2. The van der Waals surface area contributed by atoms with E-state index in [1.165, 1.54) is 16.9 Å². The highest BCUT2D eigenvalue weighted by atomic mass is 32.1. The van der Waals surface area contributed by atoms with Gasteiger partial charge in [-0.1, -0.05) is 6.92 Å². The number of piperidine rings is 1. The Morgan fingerprint density at radius 2 is 2.00 bits per heavy atom. The molecule has 1 aliphatic carbocycles. The molecule has 0 saturated carbocycles. The van der Waals surface area contributed by atoms with Gasteiger partial charge in [0.1, 0.15) is 0 Å². The molecule has 1 aliphatic heterocycles. The number of hydrogen-bond acceptors (Lipinski definition) is 3. The van der Waals surface area contributed by atoms with Crippen LogP contribution < -0.4 is 5.32 Å². The van der Waals surface area contributed by atoms with Crippen LogP contribution in [-0.2, 0) is 17.6 Å². The summed E-state index contributed by atoms with van der Waals surface area (Å²) in [5.74, 6) is 1.07. The molecule has 1 aromatic rings. The predicted molar refractivity (Wildman–Crippen MR) is 88.2 cm³/mol. The number of amides is 2. The van der Waals surface area contributed by atoms with E-state index in [2.05, 4.69) is 17.6 Å². The second-order valence-electron chi connectivity index (χ2n) is 6.58. The molecule has 0 aromatic carbocycles. The maximum Gasteiger partial charge on any atom is 0.254 e. The van der Waals surface area contributed by atoms with Crippen molar-refractivity contribution >= 4 is 23.2 Å². The van der Waals surface area contributed by atoms with Gasteiger partial charge in [-0.15, -0.1) is 11.3 Å². The molecule has 1 saturated heterocycles. The molecule has 1 fully saturated rings. The third-order valence-electron chi connectivity index (χ3n) is 5.03. The Balaban J connectivity index is 1.67. The van der Waals surface area contributed by atoms with Crippen molar-refractivity contribution in [3.63, 3.8) is 0 Å².